The molecule has 1 N–H and O–H groups in total. The van der Waals surface area contributed by atoms with Gasteiger partial charge in [0.25, 0.3) is 0 Å². The summed E-state index contributed by atoms with van der Waals surface area (Å²) in [6.45, 7) is 7.68. The summed E-state index contributed by atoms with van der Waals surface area (Å²) in [6, 6.07) is 0. The van der Waals surface area contributed by atoms with Gasteiger partial charge in [-0.15, -0.1) is 5.10 Å². The molecule has 1 aromatic rings. The summed E-state index contributed by atoms with van der Waals surface area (Å²) in [5, 5.41) is 10.4. The van der Waals surface area contributed by atoms with Crippen molar-refractivity contribution in [1.29, 1.82) is 0 Å². The summed E-state index contributed by atoms with van der Waals surface area (Å²) in [4.78, 5) is 11.5. The van der Waals surface area contributed by atoms with E-state index in [1.165, 1.54) is 0 Å². The van der Waals surface area contributed by atoms with Crippen molar-refractivity contribution < 1.29 is 4.79 Å². The van der Waals surface area contributed by atoms with E-state index >= 15 is 0 Å². The van der Waals surface area contributed by atoms with E-state index in [1.807, 2.05) is 0 Å². The van der Waals surface area contributed by atoms with Crippen LogP contribution in [-0.2, 0) is 11.3 Å². The Morgan fingerprint density at radius 2 is 2.19 bits per heavy atom. The number of nitrogens with one attached hydrogen (secondary N) is 1. The van der Waals surface area contributed by atoms with Gasteiger partial charge in [0.05, 0.1) is 12.7 Å². The topological polar surface area (TPSA) is 59.8 Å². The quantitative estimate of drug-likeness (QED) is 0.818. The van der Waals surface area contributed by atoms with Gasteiger partial charge in [-0.1, -0.05) is 26.0 Å². The van der Waals surface area contributed by atoms with Crippen molar-refractivity contribution in [3.05, 3.63) is 12.4 Å². The first-order valence-corrected chi connectivity index (χ1v) is 5.58. The van der Waals surface area contributed by atoms with Crippen LogP contribution in [0.25, 0.3) is 0 Å². The van der Waals surface area contributed by atoms with Gasteiger partial charge < -0.3 is 5.32 Å². The number of rotatable bonds is 5. The first-order chi connectivity index (χ1) is 7.47. The second kappa shape index (κ2) is 5.63. The first-order valence-electron chi connectivity index (χ1n) is 5.58. The lowest BCUT2D eigenvalue weighted by molar-refractivity contribution is -0.121. The van der Waals surface area contributed by atoms with Crippen molar-refractivity contribution in [3.63, 3.8) is 0 Å². The maximum atomic E-state index is 11.5. The van der Waals surface area contributed by atoms with Crippen LogP contribution < -0.4 is 5.32 Å². The van der Waals surface area contributed by atoms with Crippen molar-refractivity contribution >= 4 is 5.91 Å². The molecule has 5 nitrogen and oxygen atoms in total. The summed E-state index contributed by atoms with van der Waals surface area (Å²) in [5.41, 5.74) is 0.212. The Labute approximate surface area is 96.2 Å². The summed E-state index contributed by atoms with van der Waals surface area (Å²) in [7, 11) is 0. The Morgan fingerprint density at radius 1 is 1.44 bits per heavy atom. The molecule has 1 heterocycles. The summed E-state index contributed by atoms with van der Waals surface area (Å²) >= 11 is 0. The molecular weight excluding hydrogens is 204 g/mol. The Hall–Kier alpha value is -1.39. The second-order valence-corrected chi connectivity index (χ2v) is 5.08. The fourth-order valence-corrected chi connectivity index (χ4v) is 1.24. The molecule has 0 aliphatic heterocycles. The lowest BCUT2D eigenvalue weighted by Gasteiger charge is -2.17. The molecular formula is C11H20N4O. The fraction of sp³-hybridized carbons (Fsp3) is 0.727. The molecule has 0 radical (unpaired) electrons. The molecule has 0 bridgehead atoms. The maximum absolute atomic E-state index is 11.5. The third-order valence-corrected chi connectivity index (χ3v) is 2.24. The Balaban J connectivity index is 2.11. The van der Waals surface area contributed by atoms with Crippen LogP contribution in [0.5, 0.6) is 0 Å². The average Bonchev–Trinajstić information content (AvgIpc) is 2.66. The molecule has 0 atom stereocenters. The predicted octanol–water partition coefficient (Wildman–Crippen LogP) is 1.22. The highest BCUT2D eigenvalue weighted by atomic mass is 16.1. The Morgan fingerprint density at radius 3 is 2.75 bits per heavy atom. The molecule has 0 saturated carbocycles. The first kappa shape index (κ1) is 12.7. The highest BCUT2D eigenvalue weighted by Gasteiger charge is 2.12. The number of hydrogen-bond donors (Lipinski definition) is 1. The molecule has 0 aliphatic carbocycles. The fourth-order valence-electron chi connectivity index (χ4n) is 1.24. The number of nitrogens with zero attached hydrogens (tertiary/aromatic N) is 3. The smallest absolute Gasteiger partial charge is 0.220 e. The van der Waals surface area contributed by atoms with Crippen LogP contribution in [-0.4, -0.2) is 27.4 Å². The maximum Gasteiger partial charge on any atom is 0.220 e. The molecule has 1 aromatic heterocycles. The minimum Gasteiger partial charge on any atom is -0.354 e. The highest BCUT2D eigenvalue weighted by Crippen LogP contribution is 2.19. The van der Waals surface area contributed by atoms with Gasteiger partial charge in [0.15, 0.2) is 0 Å². The number of aromatic nitrogens is 3. The zero-order valence-corrected chi connectivity index (χ0v) is 10.2. The lowest BCUT2D eigenvalue weighted by atomic mass is 9.90. The molecule has 0 aliphatic rings. The predicted molar refractivity (Wildman–Crippen MR) is 61.7 cm³/mol. The molecule has 0 unspecified atom stereocenters. The van der Waals surface area contributed by atoms with Crippen LogP contribution in [0.1, 0.15) is 33.6 Å². The van der Waals surface area contributed by atoms with Crippen molar-refractivity contribution in [1.82, 2.24) is 20.3 Å². The van der Waals surface area contributed by atoms with Crippen molar-refractivity contribution in [2.75, 3.05) is 6.54 Å². The van der Waals surface area contributed by atoms with Crippen LogP contribution in [0.15, 0.2) is 12.4 Å². The van der Waals surface area contributed by atoms with E-state index < -0.39 is 0 Å². The molecule has 1 amide bonds. The average molecular weight is 224 g/mol. The van der Waals surface area contributed by atoms with E-state index in [0.29, 0.717) is 19.5 Å². The molecule has 5 heteroatoms. The monoisotopic (exact) mass is 224 g/mol. The molecule has 0 aromatic carbocycles. The van der Waals surface area contributed by atoms with Crippen LogP contribution >= 0.6 is 0 Å². The van der Waals surface area contributed by atoms with Gasteiger partial charge in [-0.2, -0.15) is 0 Å². The number of hydrogen-bond acceptors (Lipinski definition) is 3. The Bertz CT molecular complexity index is 313. The van der Waals surface area contributed by atoms with E-state index in [0.717, 1.165) is 6.42 Å². The summed E-state index contributed by atoms with van der Waals surface area (Å²) in [6.07, 6.45) is 4.89. The normalized spacial score (nSPS) is 11.4. The highest BCUT2D eigenvalue weighted by molar-refractivity contribution is 5.75. The van der Waals surface area contributed by atoms with E-state index in [-0.39, 0.29) is 11.3 Å². The van der Waals surface area contributed by atoms with E-state index in [1.54, 1.807) is 17.1 Å². The molecule has 16 heavy (non-hydrogen) atoms. The second-order valence-electron chi connectivity index (χ2n) is 5.08. The van der Waals surface area contributed by atoms with Crippen LogP contribution in [0.3, 0.4) is 0 Å². The number of carbonyl (C=O) groups excluding carboxylic acids is 1. The molecule has 0 fully saturated rings. The van der Waals surface area contributed by atoms with Gasteiger partial charge >= 0.3 is 0 Å². The number of amides is 1. The van der Waals surface area contributed by atoms with Crippen molar-refractivity contribution in [2.45, 2.75) is 40.2 Å². The third-order valence-electron chi connectivity index (χ3n) is 2.24. The summed E-state index contributed by atoms with van der Waals surface area (Å²) < 4.78 is 1.70. The molecule has 90 valence electrons. The van der Waals surface area contributed by atoms with Crippen molar-refractivity contribution in [3.8, 4) is 0 Å². The van der Waals surface area contributed by atoms with Crippen molar-refractivity contribution in [2.24, 2.45) is 5.41 Å². The standard InChI is InChI=1S/C11H20N4O/c1-11(2,3)5-4-10(16)12-6-8-15-9-7-13-14-15/h7,9H,4-6,8H2,1-3H3,(H,12,16). The van der Waals surface area contributed by atoms with Crippen LogP contribution in [0.2, 0.25) is 0 Å². The Kier molecular flexibility index (Phi) is 4.46. The van der Waals surface area contributed by atoms with E-state index in [4.69, 9.17) is 0 Å². The van der Waals surface area contributed by atoms with Gasteiger partial charge in [0.2, 0.25) is 5.91 Å². The SMILES string of the molecule is CC(C)(C)CCC(=O)NCCn1ccnn1. The zero-order valence-electron chi connectivity index (χ0n) is 10.2. The largest absolute Gasteiger partial charge is 0.354 e. The van der Waals surface area contributed by atoms with Gasteiger partial charge in [-0.25, -0.2) is 0 Å². The molecule has 0 spiro atoms. The number of carbonyl (C=O) groups is 1. The molecule has 1 rings (SSSR count). The lowest BCUT2D eigenvalue weighted by Crippen LogP contribution is -2.28. The van der Waals surface area contributed by atoms with Crippen LogP contribution in [0.4, 0.5) is 0 Å². The molecule has 0 saturated heterocycles. The van der Waals surface area contributed by atoms with Gasteiger partial charge in [0, 0.05) is 19.2 Å². The van der Waals surface area contributed by atoms with E-state index in [2.05, 4.69) is 36.4 Å². The zero-order chi connectivity index (χ0) is 12.0. The van der Waals surface area contributed by atoms with Crippen LogP contribution in [0, 0.1) is 5.41 Å². The van der Waals surface area contributed by atoms with Gasteiger partial charge in [0.1, 0.15) is 0 Å². The van der Waals surface area contributed by atoms with E-state index in [9.17, 15) is 4.79 Å². The minimum absolute atomic E-state index is 0.107. The minimum atomic E-state index is 0.107. The summed E-state index contributed by atoms with van der Waals surface area (Å²) in [5.74, 6) is 0.107. The van der Waals surface area contributed by atoms with Gasteiger partial charge in [-0.05, 0) is 11.8 Å². The van der Waals surface area contributed by atoms with Gasteiger partial charge in [-0.3, -0.25) is 9.48 Å². The third kappa shape index (κ3) is 5.48.